The summed E-state index contributed by atoms with van der Waals surface area (Å²) in [7, 11) is 2.84. The molecule has 8 heteroatoms. The first kappa shape index (κ1) is 24.1. The number of benzene rings is 1. The van der Waals surface area contributed by atoms with E-state index in [4.69, 9.17) is 14.2 Å². The number of esters is 1. The van der Waals surface area contributed by atoms with Gasteiger partial charge in [-0.3, -0.25) is 9.59 Å². The topological polar surface area (TPSA) is 97.9 Å². The minimum absolute atomic E-state index is 0.114. The third-order valence-electron chi connectivity index (χ3n) is 4.99. The van der Waals surface area contributed by atoms with Gasteiger partial charge in [0.2, 0.25) is 0 Å². The first-order valence-corrected chi connectivity index (χ1v) is 10.2. The molecule has 31 heavy (non-hydrogen) atoms. The average Bonchev–Trinajstić information content (AvgIpc) is 3.08. The molecule has 8 nitrogen and oxygen atoms in total. The highest BCUT2D eigenvalue weighted by Gasteiger charge is 2.25. The highest BCUT2D eigenvalue weighted by atomic mass is 16.5. The van der Waals surface area contributed by atoms with E-state index in [9.17, 15) is 14.4 Å². The maximum absolute atomic E-state index is 13.1. The van der Waals surface area contributed by atoms with Crippen LogP contribution in [0, 0.1) is 13.8 Å². The summed E-state index contributed by atoms with van der Waals surface area (Å²) in [6, 6.07) is 6.75. The van der Waals surface area contributed by atoms with E-state index in [1.165, 1.54) is 12.0 Å². The Balaban J connectivity index is 2.25. The van der Waals surface area contributed by atoms with Gasteiger partial charge in [0, 0.05) is 36.6 Å². The van der Waals surface area contributed by atoms with Gasteiger partial charge < -0.3 is 24.1 Å². The van der Waals surface area contributed by atoms with E-state index in [1.807, 2.05) is 6.92 Å². The maximum Gasteiger partial charge on any atom is 0.354 e. The molecule has 0 bridgehead atoms. The molecule has 168 valence electrons. The van der Waals surface area contributed by atoms with Gasteiger partial charge in [0.1, 0.15) is 11.4 Å². The van der Waals surface area contributed by atoms with E-state index in [1.54, 1.807) is 45.2 Å². The zero-order valence-corrected chi connectivity index (χ0v) is 18.7. The second-order valence-corrected chi connectivity index (χ2v) is 7.05. The average molecular weight is 431 g/mol. The van der Waals surface area contributed by atoms with Crippen molar-refractivity contribution in [2.24, 2.45) is 0 Å². The first-order chi connectivity index (χ1) is 14.8. The van der Waals surface area contributed by atoms with E-state index in [-0.39, 0.29) is 23.9 Å². The van der Waals surface area contributed by atoms with Gasteiger partial charge >= 0.3 is 5.97 Å². The molecule has 0 radical (unpaired) electrons. The molecular formula is C23H30N2O6. The van der Waals surface area contributed by atoms with Crippen LogP contribution in [0.2, 0.25) is 0 Å². The number of aromatic nitrogens is 1. The van der Waals surface area contributed by atoms with Crippen molar-refractivity contribution in [3.8, 4) is 5.75 Å². The van der Waals surface area contributed by atoms with Crippen molar-refractivity contribution in [3.63, 3.8) is 0 Å². The zero-order chi connectivity index (χ0) is 23.0. The second kappa shape index (κ2) is 11.3. The van der Waals surface area contributed by atoms with Crippen molar-refractivity contribution in [1.29, 1.82) is 0 Å². The number of carbonyl (C=O) groups excluding carboxylic acids is 3. The standard InChI is InChI=1S/C23H30N2O6/c1-6-31-13-7-12-25(22(27)17-8-10-18(29-4)11-9-17)14-19(26)20-15(2)21(23(28)30-5)24-16(20)3/h8-11,24H,6-7,12-14H2,1-5H3. The van der Waals surface area contributed by atoms with Crippen LogP contribution in [-0.4, -0.2) is 68.1 Å². The number of nitrogens with zero attached hydrogens (tertiary/aromatic N) is 1. The molecule has 1 aromatic heterocycles. The molecule has 0 spiro atoms. The van der Waals surface area contributed by atoms with E-state index in [2.05, 4.69) is 4.98 Å². The van der Waals surface area contributed by atoms with Gasteiger partial charge in [-0.2, -0.15) is 0 Å². The fraction of sp³-hybridized carbons (Fsp3) is 0.435. The maximum atomic E-state index is 13.1. The van der Waals surface area contributed by atoms with Crippen LogP contribution in [0.3, 0.4) is 0 Å². The third-order valence-corrected chi connectivity index (χ3v) is 4.99. The Morgan fingerprint density at radius 2 is 1.74 bits per heavy atom. The summed E-state index contributed by atoms with van der Waals surface area (Å²) in [5.74, 6) is -0.404. The van der Waals surface area contributed by atoms with Gasteiger partial charge in [0.05, 0.1) is 20.8 Å². The van der Waals surface area contributed by atoms with Crippen LogP contribution in [-0.2, 0) is 9.47 Å². The summed E-state index contributed by atoms with van der Waals surface area (Å²) >= 11 is 0. The number of carbonyl (C=O) groups is 3. The number of hydrogen-bond acceptors (Lipinski definition) is 6. The predicted octanol–water partition coefficient (Wildman–Crippen LogP) is 3.18. The SMILES string of the molecule is CCOCCCN(CC(=O)c1c(C)[nH]c(C(=O)OC)c1C)C(=O)c1ccc(OC)cc1. The molecule has 0 unspecified atom stereocenters. The van der Waals surface area contributed by atoms with Crippen LogP contribution in [0.1, 0.15) is 55.8 Å². The Kier molecular flexibility index (Phi) is 8.81. The highest BCUT2D eigenvalue weighted by molar-refractivity contribution is 6.05. The van der Waals surface area contributed by atoms with Crippen molar-refractivity contribution in [2.45, 2.75) is 27.2 Å². The van der Waals surface area contributed by atoms with Crippen LogP contribution in [0.5, 0.6) is 5.75 Å². The van der Waals surface area contributed by atoms with Crippen molar-refractivity contribution in [2.75, 3.05) is 40.5 Å². The van der Waals surface area contributed by atoms with Gasteiger partial charge in [-0.25, -0.2) is 4.79 Å². The van der Waals surface area contributed by atoms with E-state index in [0.717, 1.165) is 0 Å². The van der Waals surface area contributed by atoms with Crippen molar-refractivity contribution in [1.82, 2.24) is 9.88 Å². The third kappa shape index (κ3) is 5.95. The monoisotopic (exact) mass is 430 g/mol. The molecular weight excluding hydrogens is 400 g/mol. The molecule has 0 aliphatic heterocycles. The Morgan fingerprint density at radius 1 is 1.06 bits per heavy atom. The van der Waals surface area contributed by atoms with Gasteiger partial charge in [0.25, 0.3) is 5.91 Å². The van der Waals surface area contributed by atoms with Gasteiger partial charge in [-0.05, 0) is 57.0 Å². The molecule has 0 saturated carbocycles. The molecule has 2 aromatic rings. The molecule has 2 rings (SSSR count). The number of rotatable bonds is 11. The van der Waals surface area contributed by atoms with Crippen LogP contribution >= 0.6 is 0 Å². The fourth-order valence-corrected chi connectivity index (χ4v) is 3.40. The largest absolute Gasteiger partial charge is 0.497 e. The van der Waals surface area contributed by atoms with Crippen LogP contribution in [0.25, 0.3) is 0 Å². The fourth-order valence-electron chi connectivity index (χ4n) is 3.40. The molecule has 0 saturated heterocycles. The molecule has 0 aliphatic rings. The molecule has 1 amide bonds. The van der Waals surface area contributed by atoms with Crippen molar-refractivity contribution < 1.29 is 28.6 Å². The lowest BCUT2D eigenvalue weighted by Crippen LogP contribution is -2.37. The number of H-pyrrole nitrogens is 1. The number of ketones is 1. The Bertz CT molecular complexity index is 917. The zero-order valence-electron chi connectivity index (χ0n) is 18.7. The number of aryl methyl sites for hydroxylation is 1. The summed E-state index contributed by atoms with van der Waals surface area (Å²) in [5, 5.41) is 0. The lowest BCUT2D eigenvalue weighted by atomic mass is 10.0. The summed E-state index contributed by atoms with van der Waals surface area (Å²) in [4.78, 5) is 42.6. The lowest BCUT2D eigenvalue weighted by Gasteiger charge is -2.22. The number of ether oxygens (including phenoxy) is 3. The van der Waals surface area contributed by atoms with E-state index < -0.39 is 5.97 Å². The normalized spacial score (nSPS) is 10.6. The minimum atomic E-state index is -0.539. The van der Waals surface area contributed by atoms with Crippen molar-refractivity contribution >= 4 is 17.7 Å². The van der Waals surface area contributed by atoms with Gasteiger partial charge in [-0.15, -0.1) is 0 Å². The Morgan fingerprint density at radius 3 is 2.32 bits per heavy atom. The van der Waals surface area contributed by atoms with E-state index in [0.29, 0.717) is 54.3 Å². The molecule has 0 fully saturated rings. The van der Waals surface area contributed by atoms with Gasteiger partial charge in [0.15, 0.2) is 5.78 Å². The predicted molar refractivity (Wildman–Crippen MR) is 116 cm³/mol. The van der Waals surface area contributed by atoms with Crippen LogP contribution < -0.4 is 4.74 Å². The molecule has 1 aromatic carbocycles. The molecule has 0 aliphatic carbocycles. The van der Waals surface area contributed by atoms with Crippen LogP contribution in [0.4, 0.5) is 0 Å². The molecule has 1 N–H and O–H groups in total. The summed E-state index contributed by atoms with van der Waals surface area (Å²) < 4.78 is 15.3. The number of methoxy groups -OCH3 is 2. The number of aromatic amines is 1. The summed E-state index contributed by atoms with van der Waals surface area (Å²) in [5.41, 5.74) is 2.18. The van der Waals surface area contributed by atoms with Crippen LogP contribution in [0.15, 0.2) is 24.3 Å². The Labute approximate surface area is 182 Å². The molecule has 1 heterocycles. The second-order valence-electron chi connectivity index (χ2n) is 7.05. The summed E-state index contributed by atoms with van der Waals surface area (Å²) in [6.07, 6.45) is 0.599. The number of nitrogens with one attached hydrogen (secondary N) is 1. The van der Waals surface area contributed by atoms with E-state index >= 15 is 0 Å². The number of Topliss-reactive ketones (excluding diaryl/α,β-unsaturated/α-hetero) is 1. The number of hydrogen-bond donors (Lipinski definition) is 1. The Hall–Kier alpha value is -3.13. The van der Waals surface area contributed by atoms with Gasteiger partial charge in [-0.1, -0.05) is 0 Å². The molecule has 0 atom stereocenters. The minimum Gasteiger partial charge on any atom is -0.497 e. The lowest BCUT2D eigenvalue weighted by molar-refractivity contribution is 0.0593. The highest BCUT2D eigenvalue weighted by Crippen LogP contribution is 2.20. The quantitative estimate of drug-likeness (QED) is 0.334. The summed E-state index contributed by atoms with van der Waals surface area (Å²) in [6.45, 7) is 6.64. The van der Waals surface area contributed by atoms with Crippen molar-refractivity contribution in [3.05, 3.63) is 52.3 Å². The first-order valence-electron chi connectivity index (χ1n) is 10.2. The smallest absolute Gasteiger partial charge is 0.354 e. The number of amides is 1.